The summed E-state index contributed by atoms with van der Waals surface area (Å²) in [5.74, 6) is 0.547. The summed E-state index contributed by atoms with van der Waals surface area (Å²) in [7, 11) is 1.95. The van der Waals surface area contributed by atoms with Crippen molar-refractivity contribution >= 4 is 5.91 Å². The van der Waals surface area contributed by atoms with E-state index in [9.17, 15) is 4.79 Å². The van der Waals surface area contributed by atoms with Gasteiger partial charge in [0.1, 0.15) is 0 Å². The molecule has 0 aromatic carbocycles. The summed E-state index contributed by atoms with van der Waals surface area (Å²) in [6, 6.07) is 0.197. The van der Waals surface area contributed by atoms with E-state index in [-0.39, 0.29) is 11.9 Å². The number of unbranched alkanes of at least 4 members (excludes halogenated alkanes) is 2. The summed E-state index contributed by atoms with van der Waals surface area (Å²) >= 11 is 0. The van der Waals surface area contributed by atoms with Crippen LogP contribution in [0.4, 0.5) is 0 Å². The Hall–Kier alpha value is -0.830. The zero-order chi connectivity index (χ0) is 13.1. The van der Waals surface area contributed by atoms with Crippen molar-refractivity contribution in [3.05, 3.63) is 12.7 Å². The van der Waals surface area contributed by atoms with Crippen LogP contribution in [0.2, 0.25) is 0 Å². The van der Waals surface area contributed by atoms with E-state index in [4.69, 9.17) is 0 Å². The molecular formula is C14H28N2O. The van der Waals surface area contributed by atoms with Gasteiger partial charge in [0.05, 0.1) is 0 Å². The summed E-state index contributed by atoms with van der Waals surface area (Å²) in [6.45, 7) is 9.00. The van der Waals surface area contributed by atoms with Gasteiger partial charge in [0.15, 0.2) is 0 Å². The third kappa shape index (κ3) is 7.97. The second-order valence-corrected chi connectivity index (χ2v) is 4.58. The smallest absolute Gasteiger partial charge is 0.220 e. The molecule has 2 atom stereocenters. The summed E-state index contributed by atoms with van der Waals surface area (Å²) < 4.78 is 0. The maximum absolute atomic E-state index is 11.7. The molecule has 0 saturated heterocycles. The highest BCUT2D eigenvalue weighted by atomic mass is 16.1. The van der Waals surface area contributed by atoms with E-state index < -0.39 is 0 Å². The first-order valence-electron chi connectivity index (χ1n) is 6.72. The fourth-order valence-electron chi connectivity index (χ4n) is 1.92. The molecule has 0 aromatic rings. The van der Waals surface area contributed by atoms with Gasteiger partial charge >= 0.3 is 0 Å². The van der Waals surface area contributed by atoms with E-state index in [2.05, 4.69) is 31.1 Å². The molecule has 0 heterocycles. The number of nitrogens with one attached hydrogen (secondary N) is 2. The maximum atomic E-state index is 11.7. The predicted octanol–water partition coefficient (Wildman–Crippen LogP) is 2.48. The van der Waals surface area contributed by atoms with Crippen LogP contribution in [0.1, 0.15) is 46.0 Å². The third-order valence-electron chi connectivity index (χ3n) is 3.14. The first-order chi connectivity index (χ1) is 8.15. The zero-order valence-corrected chi connectivity index (χ0v) is 11.6. The molecule has 0 saturated carbocycles. The molecule has 0 aromatic heterocycles. The second kappa shape index (κ2) is 10.3. The number of rotatable bonds is 10. The molecule has 1 amide bonds. The van der Waals surface area contributed by atoms with Crippen molar-refractivity contribution in [3.63, 3.8) is 0 Å². The van der Waals surface area contributed by atoms with Crippen LogP contribution in [-0.4, -0.2) is 25.5 Å². The lowest BCUT2D eigenvalue weighted by Gasteiger charge is -2.20. The lowest BCUT2D eigenvalue weighted by Crippen LogP contribution is -2.37. The van der Waals surface area contributed by atoms with Crippen molar-refractivity contribution in [2.24, 2.45) is 5.92 Å². The van der Waals surface area contributed by atoms with E-state index in [0.717, 1.165) is 32.2 Å². The highest BCUT2D eigenvalue weighted by Crippen LogP contribution is 2.09. The average molecular weight is 240 g/mol. The third-order valence-corrected chi connectivity index (χ3v) is 3.14. The first-order valence-corrected chi connectivity index (χ1v) is 6.72. The SMILES string of the molecule is C=C[C@@H](CC)[C@@H](C)NC(=O)CCCCCNC. The monoisotopic (exact) mass is 240 g/mol. The molecule has 0 aliphatic heterocycles. The molecule has 0 fully saturated rings. The molecule has 0 rings (SSSR count). The minimum Gasteiger partial charge on any atom is -0.353 e. The molecule has 100 valence electrons. The Kier molecular flexibility index (Phi) is 9.83. The van der Waals surface area contributed by atoms with E-state index in [1.807, 2.05) is 13.1 Å². The quantitative estimate of drug-likeness (QED) is 0.455. The van der Waals surface area contributed by atoms with Gasteiger partial charge in [-0.15, -0.1) is 6.58 Å². The molecule has 0 spiro atoms. The zero-order valence-electron chi connectivity index (χ0n) is 11.6. The Morgan fingerprint density at radius 1 is 1.35 bits per heavy atom. The van der Waals surface area contributed by atoms with E-state index in [0.29, 0.717) is 12.3 Å². The Morgan fingerprint density at radius 2 is 2.06 bits per heavy atom. The lowest BCUT2D eigenvalue weighted by molar-refractivity contribution is -0.122. The van der Waals surface area contributed by atoms with Gasteiger partial charge in [-0.3, -0.25) is 4.79 Å². The molecule has 0 aliphatic rings. The fourth-order valence-corrected chi connectivity index (χ4v) is 1.92. The molecule has 0 radical (unpaired) electrons. The Balaban J connectivity index is 3.67. The topological polar surface area (TPSA) is 41.1 Å². The standard InChI is InChI=1S/C14H28N2O/c1-5-13(6-2)12(3)16-14(17)10-8-7-9-11-15-4/h5,12-13,15H,1,6-11H2,2-4H3,(H,16,17)/t12-,13+/m1/s1. The summed E-state index contributed by atoms with van der Waals surface area (Å²) in [4.78, 5) is 11.7. The van der Waals surface area contributed by atoms with Crippen molar-refractivity contribution in [2.45, 2.75) is 52.0 Å². The highest BCUT2D eigenvalue weighted by molar-refractivity contribution is 5.76. The molecule has 2 N–H and O–H groups in total. The average Bonchev–Trinajstić information content (AvgIpc) is 2.30. The van der Waals surface area contributed by atoms with Crippen LogP contribution < -0.4 is 10.6 Å². The Bertz CT molecular complexity index is 216. The van der Waals surface area contributed by atoms with Gasteiger partial charge in [-0.05, 0) is 45.7 Å². The molecule has 17 heavy (non-hydrogen) atoms. The van der Waals surface area contributed by atoms with Gasteiger partial charge in [-0.2, -0.15) is 0 Å². The largest absolute Gasteiger partial charge is 0.353 e. The summed E-state index contributed by atoms with van der Waals surface area (Å²) in [5.41, 5.74) is 0. The Morgan fingerprint density at radius 3 is 2.59 bits per heavy atom. The Labute approximate surface area is 106 Å². The number of carbonyl (C=O) groups excluding carboxylic acids is 1. The van der Waals surface area contributed by atoms with Gasteiger partial charge < -0.3 is 10.6 Å². The van der Waals surface area contributed by atoms with Crippen LogP contribution in [0.25, 0.3) is 0 Å². The second-order valence-electron chi connectivity index (χ2n) is 4.58. The van der Waals surface area contributed by atoms with Crippen molar-refractivity contribution < 1.29 is 4.79 Å². The van der Waals surface area contributed by atoms with Gasteiger partial charge in [0.25, 0.3) is 0 Å². The van der Waals surface area contributed by atoms with Crippen molar-refractivity contribution in [3.8, 4) is 0 Å². The number of carbonyl (C=O) groups is 1. The van der Waals surface area contributed by atoms with Gasteiger partial charge in [-0.25, -0.2) is 0 Å². The van der Waals surface area contributed by atoms with E-state index >= 15 is 0 Å². The minimum absolute atomic E-state index is 0.169. The van der Waals surface area contributed by atoms with Crippen LogP contribution in [-0.2, 0) is 4.79 Å². The van der Waals surface area contributed by atoms with Crippen molar-refractivity contribution in [2.75, 3.05) is 13.6 Å². The van der Waals surface area contributed by atoms with Crippen LogP contribution in [0.15, 0.2) is 12.7 Å². The maximum Gasteiger partial charge on any atom is 0.220 e. The summed E-state index contributed by atoms with van der Waals surface area (Å²) in [6.07, 6.45) is 6.82. The van der Waals surface area contributed by atoms with Crippen LogP contribution in [0, 0.1) is 5.92 Å². The van der Waals surface area contributed by atoms with Crippen LogP contribution >= 0.6 is 0 Å². The molecule has 3 nitrogen and oxygen atoms in total. The van der Waals surface area contributed by atoms with E-state index in [1.54, 1.807) is 0 Å². The van der Waals surface area contributed by atoms with E-state index in [1.165, 1.54) is 0 Å². The lowest BCUT2D eigenvalue weighted by atomic mass is 9.98. The van der Waals surface area contributed by atoms with Gasteiger partial charge in [-0.1, -0.05) is 19.4 Å². The van der Waals surface area contributed by atoms with Gasteiger partial charge in [0, 0.05) is 12.5 Å². The van der Waals surface area contributed by atoms with Crippen LogP contribution in [0.5, 0.6) is 0 Å². The first kappa shape index (κ1) is 16.2. The number of hydrogen-bond donors (Lipinski definition) is 2. The normalized spacial score (nSPS) is 14.1. The summed E-state index contributed by atoms with van der Waals surface area (Å²) in [5, 5.41) is 6.15. The highest BCUT2D eigenvalue weighted by Gasteiger charge is 2.13. The fraction of sp³-hybridized carbons (Fsp3) is 0.786. The molecule has 3 heteroatoms. The number of amides is 1. The van der Waals surface area contributed by atoms with Crippen molar-refractivity contribution in [1.82, 2.24) is 10.6 Å². The molecular weight excluding hydrogens is 212 g/mol. The van der Waals surface area contributed by atoms with Gasteiger partial charge in [0.2, 0.25) is 5.91 Å². The molecule has 0 unspecified atom stereocenters. The molecule has 0 bridgehead atoms. The van der Waals surface area contributed by atoms with Crippen LogP contribution in [0.3, 0.4) is 0 Å². The van der Waals surface area contributed by atoms with Crippen molar-refractivity contribution in [1.29, 1.82) is 0 Å². The minimum atomic E-state index is 0.169. The number of hydrogen-bond acceptors (Lipinski definition) is 2. The molecule has 0 aliphatic carbocycles. The predicted molar refractivity (Wildman–Crippen MR) is 74.0 cm³/mol.